The summed E-state index contributed by atoms with van der Waals surface area (Å²) in [6, 6.07) is 5.18. The lowest BCUT2D eigenvalue weighted by molar-refractivity contribution is 0.405. The molecule has 1 N–H and O–H groups in total. The van der Waals surface area contributed by atoms with Crippen molar-refractivity contribution in [2.45, 2.75) is 62.6 Å². The highest BCUT2D eigenvalue weighted by Gasteiger charge is 2.18. The van der Waals surface area contributed by atoms with Crippen molar-refractivity contribution in [3.63, 3.8) is 0 Å². The van der Waals surface area contributed by atoms with E-state index < -0.39 is 0 Å². The Morgan fingerprint density at radius 3 is 2.85 bits per heavy atom. The second kappa shape index (κ2) is 7.37. The lowest BCUT2D eigenvalue weighted by Crippen LogP contribution is -2.23. The molecule has 20 heavy (non-hydrogen) atoms. The Morgan fingerprint density at radius 2 is 2.25 bits per heavy atom. The first-order valence-electron chi connectivity index (χ1n) is 7.71. The second-order valence-electron chi connectivity index (χ2n) is 5.76. The van der Waals surface area contributed by atoms with E-state index in [1.165, 1.54) is 35.3 Å². The lowest BCUT2D eigenvalue weighted by atomic mass is 10.0. The van der Waals surface area contributed by atoms with Crippen LogP contribution in [0.25, 0.3) is 0 Å². The maximum atomic E-state index is 5.63. The number of ether oxygens (including phenoxy) is 1. The first-order valence-corrected chi connectivity index (χ1v) is 8.59. The Kier molecular flexibility index (Phi) is 5.79. The van der Waals surface area contributed by atoms with Gasteiger partial charge in [-0.05, 0) is 56.3 Å². The Labute approximate surface area is 127 Å². The lowest BCUT2D eigenvalue weighted by Gasteiger charge is -2.18. The summed E-state index contributed by atoms with van der Waals surface area (Å²) < 4.78 is 5.63. The fourth-order valence-corrected chi connectivity index (χ4v) is 3.72. The highest BCUT2D eigenvalue weighted by molar-refractivity contribution is 8.00. The summed E-state index contributed by atoms with van der Waals surface area (Å²) in [7, 11) is 1.79. The molecule has 1 aromatic carbocycles. The van der Waals surface area contributed by atoms with Gasteiger partial charge in [0, 0.05) is 16.2 Å². The van der Waals surface area contributed by atoms with E-state index in [9.17, 15) is 0 Å². The summed E-state index contributed by atoms with van der Waals surface area (Å²) in [4.78, 5) is 1.36. The van der Waals surface area contributed by atoms with E-state index in [2.05, 4.69) is 38.2 Å². The zero-order valence-electron chi connectivity index (χ0n) is 13.2. The molecule has 1 aliphatic rings. The van der Waals surface area contributed by atoms with Crippen LogP contribution in [0.15, 0.2) is 17.0 Å². The maximum absolute atomic E-state index is 5.63. The van der Waals surface area contributed by atoms with Gasteiger partial charge < -0.3 is 10.1 Å². The van der Waals surface area contributed by atoms with Crippen LogP contribution in [-0.4, -0.2) is 24.9 Å². The molecular formula is C17H27NOS. The Balaban J connectivity index is 2.17. The van der Waals surface area contributed by atoms with E-state index in [1.807, 2.05) is 11.8 Å². The molecular weight excluding hydrogens is 266 g/mol. The largest absolute Gasteiger partial charge is 0.496 e. The van der Waals surface area contributed by atoms with Crippen molar-refractivity contribution in [1.29, 1.82) is 0 Å². The van der Waals surface area contributed by atoms with Gasteiger partial charge in [0.15, 0.2) is 0 Å². The van der Waals surface area contributed by atoms with Gasteiger partial charge in [-0.15, -0.1) is 11.8 Å². The number of benzene rings is 1. The zero-order chi connectivity index (χ0) is 14.5. The third-order valence-electron chi connectivity index (χ3n) is 4.11. The van der Waals surface area contributed by atoms with Crippen molar-refractivity contribution in [3.8, 4) is 5.75 Å². The molecule has 1 heterocycles. The maximum Gasteiger partial charge on any atom is 0.123 e. The van der Waals surface area contributed by atoms with E-state index in [0.29, 0.717) is 11.3 Å². The molecule has 0 aliphatic carbocycles. The molecule has 2 nitrogen and oxygen atoms in total. The van der Waals surface area contributed by atoms with Crippen molar-refractivity contribution < 1.29 is 4.74 Å². The van der Waals surface area contributed by atoms with Gasteiger partial charge in [0.05, 0.1) is 7.11 Å². The fourth-order valence-electron chi connectivity index (χ4n) is 2.70. The van der Waals surface area contributed by atoms with Crippen LogP contribution in [0.2, 0.25) is 0 Å². The van der Waals surface area contributed by atoms with Gasteiger partial charge >= 0.3 is 0 Å². The number of rotatable bonds is 6. The van der Waals surface area contributed by atoms with E-state index in [0.717, 1.165) is 18.7 Å². The quantitative estimate of drug-likeness (QED) is 0.795. The Morgan fingerprint density at radius 1 is 1.45 bits per heavy atom. The molecule has 2 atom stereocenters. The summed E-state index contributed by atoms with van der Waals surface area (Å²) in [6.07, 6.45) is 4.86. The average Bonchev–Trinajstić information content (AvgIpc) is 2.94. The van der Waals surface area contributed by atoms with Crippen LogP contribution >= 0.6 is 11.8 Å². The molecule has 0 spiro atoms. The van der Waals surface area contributed by atoms with Crippen molar-refractivity contribution in [2.24, 2.45) is 0 Å². The van der Waals surface area contributed by atoms with Gasteiger partial charge in [0.25, 0.3) is 0 Å². The second-order valence-corrected chi connectivity index (χ2v) is 7.24. The molecule has 112 valence electrons. The van der Waals surface area contributed by atoms with Crippen LogP contribution in [0.3, 0.4) is 0 Å². The van der Waals surface area contributed by atoms with E-state index in [1.54, 1.807) is 7.11 Å². The molecule has 0 bridgehead atoms. The molecule has 3 heteroatoms. The van der Waals surface area contributed by atoms with Crippen molar-refractivity contribution in [2.75, 3.05) is 13.7 Å². The van der Waals surface area contributed by atoms with Gasteiger partial charge in [-0.1, -0.05) is 19.9 Å². The van der Waals surface area contributed by atoms with Gasteiger partial charge in [0.1, 0.15) is 5.75 Å². The first kappa shape index (κ1) is 15.7. The minimum absolute atomic E-state index is 0.622. The predicted molar refractivity (Wildman–Crippen MR) is 88.1 cm³/mol. The van der Waals surface area contributed by atoms with Crippen molar-refractivity contribution in [3.05, 3.63) is 23.3 Å². The van der Waals surface area contributed by atoms with Crippen LogP contribution < -0.4 is 10.1 Å². The molecule has 0 amide bonds. The van der Waals surface area contributed by atoms with Gasteiger partial charge in [-0.2, -0.15) is 0 Å². The average molecular weight is 293 g/mol. The van der Waals surface area contributed by atoms with Crippen LogP contribution in [0.5, 0.6) is 5.75 Å². The molecule has 0 saturated carbocycles. The fraction of sp³-hybridized carbons (Fsp3) is 0.647. The van der Waals surface area contributed by atoms with Gasteiger partial charge in [-0.3, -0.25) is 0 Å². The minimum Gasteiger partial charge on any atom is -0.496 e. The van der Waals surface area contributed by atoms with E-state index in [4.69, 9.17) is 4.74 Å². The number of hydrogen-bond donors (Lipinski definition) is 1. The van der Waals surface area contributed by atoms with E-state index in [-0.39, 0.29) is 0 Å². The monoisotopic (exact) mass is 293 g/mol. The molecule has 1 saturated heterocycles. The summed E-state index contributed by atoms with van der Waals surface area (Å²) in [5, 5.41) is 4.22. The summed E-state index contributed by atoms with van der Waals surface area (Å²) in [5.74, 6) is 1.05. The van der Waals surface area contributed by atoms with Gasteiger partial charge in [0.2, 0.25) is 0 Å². The number of hydrogen-bond acceptors (Lipinski definition) is 3. The molecule has 0 aromatic heterocycles. The van der Waals surface area contributed by atoms with E-state index >= 15 is 0 Å². The smallest absolute Gasteiger partial charge is 0.123 e. The number of aryl methyl sites for hydroxylation is 1. The third kappa shape index (κ3) is 3.92. The van der Waals surface area contributed by atoms with Crippen LogP contribution in [0, 0.1) is 6.92 Å². The predicted octanol–water partition coefficient (Wildman–Crippen LogP) is 4.19. The molecule has 2 rings (SSSR count). The standard InChI is InChI=1S/C17H27NOS/c1-5-13(3)20-17-11-16(19-4)14(9-12(17)2)10-15-7-6-8-18-15/h9,11,13,15,18H,5-8,10H2,1-4H3. The minimum atomic E-state index is 0.622. The summed E-state index contributed by atoms with van der Waals surface area (Å²) >= 11 is 1.96. The number of nitrogens with one attached hydrogen (secondary N) is 1. The van der Waals surface area contributed by atoms with Crippen LogP contribution in [0.1, 0.15) is 44.2 Å². The highest BCUT2D eigenvalue weighted by Crippen LogP contribution is 2.34. The van der Waals surface area contributed by atoms with Crippen LogP contribution in [-0.2, 0) is 6.42 Å². The molecule has 1 aliphatic heterocycles. The van der Waals surface area contributed by atoms with Gasteiger partial charge in [-0.25, -0.2) is 0 Å². The Bertz CT molecular complexity index is 441. The van der Waals surface area contributed by atoms with Crippen molar-refractivity contribution in [1.82, 2.24) is 5.32 Å². The number of thioether (sulfide) groups is 1. The number of methoxy groups -OCH3 is 1. The highest BCUT2D eigenvalue weighted by atomic mass is 32.2. The summed E-state index contributed by atoms with van der Waals surface area (Å²) in [5.41, 5.74) is 2.72. The topological polar surface area (TPSA) is 21.3 Å². The zero-order valence-corrected chi connectivity index (χ0v) is 14.0. The van der Waals surface area contributed by atoms with Crippen molar-refractivity contribution >= 4 is 11.8 Å². The SMILES string of the molecule is CCC(C)Sc1cc(OC)c(CC2CCCN2)cc1C. The molecule has 1 fully saturated rings. The van der Waals surface area contributed by atoms with Crippen LogP contribution in [0.4, 0.5) is 0 Å². The Hall–Kier alpha value is -0.670. The molecule has 1 aromatic rings. The normalized spacial score (nSPS) is 20.1. The summed E-state index contributed by atoms with van der Waals surface area (Å²) in [6.45, 7) is 7.90. The third-order valence-corrected chi connectivity index (χ3v) is 5.54. The molecule has 2 unspecified atom stereocenters. The molecule has 0 radical (unpaired) electrons. The first-order chi connectivity index (χ1) is 9.63.